The van der Waals surface area contributed by atoms with E-state index in [0.29, 0.717) is 5.82 Å². The van der Waals surface area contributed by atoms with Crippen molar-refractivity contribution >= 4 is 11.6 Å². The lowest BCUT2D eigenvalue weighted by Gasteiger charge is -1.94. The number of nitrogens with zero attached hydrogens (tertiary/aromatic N) is 3. The summed E-state index contributed by atoms with van der Waals surface area (Å²) in [6.07, 6.45) is 1.92. The van der Waals surface area contributed by atoms with Gasteiger partial charge in [0.05, 0.1) is 6.42 Å². The van der Waals surface area contributed by atoms with Crippen LogP contribution in [0.4, 0.5) is 0 Å². The van der Waals surface area contributed by atoms with Crippen molar-refractivity contribution < 1.29 is 4.79 Å². The van der Waals surface area contributed by atoms with E-state index in [0.717, 1.165) is 5.65 Å². The second kappa shape index (κ2) is 2.85. The monoisotopic (exact) mass is 176 g/mol. The lowest BCUT2D eigenvalue weighted by molar-refractivity contribution is -0.117. The fraction of sp³-hybridized carbons (Fsp3) is 0.125. The molecule has 13 heavy (non-hydrogen) atoms. The van der Waals surface area contributed by atoms with Crippen molar-refractivity contribution in [2.24, 2.45) is 5.73 Å². The number of fused-ring (bicyclic) bond motifs is 1. The molecule has 0 atom stereocenters. The van der Waals surface area contributed by atoms with Gasteiger partial charge in [-0.2, -0.15) is 0 Å². The zero-order valence-electron chi connectivity index (χ0n) is 6.84. The summed E-state index contributed by atoms with van der Waals surface area (Å²) in [6.45, 7) is 0. The van der Waals surface area contributed by atoms with Crippen LogP contribution in [-0.4, -0.2) is 20.5 Å². The van der Waals surface area contributed by atoms with E-state index in [1.165, 1.54) is 0 Å². The van der Waals surface area contributed by atoms with Gasteiger partial charge in [-0.15, -0.1) is 10.2 Å². The van der Waals surface area contributed by atoms with Gasteiger partial charge in [0.1, 0.15) is 5.82 Å². The molecule has 2 heterocycles. The molecule has 2 aromatic heterocycles. The highest BCUT2D eigenvalue weighted by Gasteiger charge is 2.06. The van der Waals surface area contributed by atoms with Crippen LogP contribution in [0.5, 0.6) is 0 Å². The second-order valence-corrected chi connectivity index (χ2v) is 2.69. The van der Waals surface area contributed by atoms with E-state index in [4.69, 9.17) is 5.73 Å². The van der Waals surface area contributed by atoms with E-state index in [1.807, 2.05) is 18.2 Å². The Balaban J connectivity index is 2.51. The van der Waals surface area contributed by atoms with Crippen LogP contribution in [0.1, 0.15) is 5.82 Å². The Labute approximate surface area is 74.2 Å². The first-order valence-electron chi connectivity index (χ1n) is 3.84. The van der Waals surface area contributed by atoms with Gasteiger partial charge in [0, 0.05) is 6.20 Å². The fourth-order valence-electron chi connectivity index (χ4n) is 1.17. The van der Waals surface area contributed by atoms with E-state index in [9.17, 15) is 4.79 Å². The number of hydrogen-bond donors (Lipinski definition) is 1. The number of rotatable bonds is 2. The molecule has 0 aliphatic carbocycles. The van der Waals surface area contributed by atoms with Crippen LogP contribution in [0.15, 0.2) is 24.4 Å². The molecule has 0 spiro atoms. The standard InChI is InChI=1S/C8H8N4O/c9-6(13)5-8-11-10-7-3-1-2-4-12(7)8/h1-4H,5H2,(H2,9,13). The van der Waals surface area contributed by atoms with Gasteiger partial charge in [-0.25, -0.2) is 0 Å². The van der Waals surface area contributed by atoms with Crippen molar-refractivity contribution in [3.8, 4) is 0 Å². The van der Waals surface area contributed by atoms with Crippen LogP contribution in [0.25, 0.3) is 5.65 Å². The molecule has 0 aliphatic rings. The van der Waals surface area contributed by atoms with Crippen LogP contribution in [0, 0.1) is 0 Å². The quantitative estimate of drug-likeness (QED) is 0.686. The number of carbonyl (C=O) groups is 1. The molecule has 2 N–H and O–H groups in total. The fourth-order valence-corrected chi connectivity index (χ4v) is 1.17. The number of amides is 1. The predicted molar refractivity (Wildman–Crippen MR) is 45.9 cm³/mol. The van der Waals surface area contributed by atoms with Gasteiger partial charge in [-0.05, 0) is 12.1 Å². The third-order valence-electron chi connectivity index (χ3n) is 1.72. The van der Waals surface area contributed by atoms with Crippen LogP contribution in [0.3, 0.4) is 0 Å². The highest BCUT2D eigenvalue weighted by atomic mass is 16.1. The highest BCUT2D eigenvalue weighted by molar-refractivity contribution is 5.75. The Hall–Kier alpha value is -1.91. The second-order valence-electron chi connectivity index (χ2n) is 2.69. The molecule has 0 unspecified atom stereocenters. The molecule has 0 saturated carbocycles. The van der Waals surface area contributed by atoms with Crippen molar-refractivity contribution in [1.82, 2.24) is 14.6 Å². The zero-order chi connectivity index (χ0) is 9.26. The number of carbonyl (C=O) groups excluding carboxylic acids is 1. The Bertz CT molecular complexity index is 448. The third-order valence-corrected chi connectivity index (χ3v) is 1.72. The van der Waals surface area contributed by atoms with Gasteiger partial charge in [0.15, 0.2) is 5.65 Å². The minimum absolute atomic E-state index is 0.116. The summed E-state index contributed by atoms with van der Waals surface area (Å²) in [6, 6.07) is 5.52. The SMILES string of the molecule is NC(=O)Cc1nnc2ccccn12. The molecule has 1 amide bonds. The summed E-state index contributed by atoms with van der Waals surface area (Å²) in [4.78, 5) is 10.7. The normalized spacial score (nSPS) is 10.5. The van der Waals surface area contributed by atoms with Crippen molar-refractivity contribution in [1.29, 1.82) is 0 Å². The number of primary amides is 1. The number of aromatic nitrogens is 3. The molecule has 66 valence electrons. The first-order chi connectivity index (χ1) is 6.27. The van der Waals surface area contributed by atoms with E-state index in [2.05, 4.69) is 10.2 Å². The Morgan fingerprint density at radius 1 is 1.46 bits per heavy atom. The first kappa shape index (κ1) is 7.72. The lowest BCUT2D eigenvalue weighted by atomic mass is 10.4. The maximum absolute atomic E-state index is 10.7. The van der Waals surface area contributed by atoms with E-state index in [-0.39, 0.29) is 6.42 Å². The highest BCUT2D eigenvalue weighted by Crippen LogP contribution is 2.02. The number of pyridine rings is 1. The van der Waals surface area contributed by atoms with Gasteiger partial charge >= 0.3 is 0 Å². The first-order valence-corrected chi connectivity index (χ1v) is 3.84. The van der Waals surface area contributed by atoms with Gasteiger partial charge in [0.25, 0.3) is 0 Å². The predicted octanol–water partition coefficient (Wildman–Crippen LogP) is -0.243. The van der Waals surface area contributed by atoms with Crippen LogP contribution < -0.4 is 5.73 Å². The summed E-state index contributed by atoms with van der Waals surface area (Å²) in [5.41, 5.74) is 5.78. The molecule has 5 heteroatoms. The maximum Gasteiger partial charge on any atom is 0.225 e. The molecule has 0 saturated heterocycles. The van der Waals surface area contributed by atoms with Crippen LogP contribution >= 0.6 is 0 Å². The summed E-state index contributed by atoms with van der Waals surface area (Å²) in [7, 11) is 0. The molecule has 2 aromatic rings. The minimum Gasteiger partial charge on any atom is -0.369 e. The molecule has 0 radical (unpaired) electrons. The Morgan fingerprint density at radius 3 is 3.08 bits per heavy atom. The number of hydrogen-bond acceptors (Lipinski definition) is 3. The molecule has 5 nitrogen and oxygen atoms in total. The topological polar surface area (TPSA) is 73.3 Å². The average molecular weight is 176 g/mol. The minimum atomic E-state index is -0.404. The molecular formula is C8H8N4O. The van der Waals surface area contributed by atoms with Gasteiger partial charge in [-0.1, -0.05) is 6.07 Å². The van der Waals surface area contributed by atoms with Gasteiger partial charge < -0.3 is 5.73 Å². The molecule has 0 aromatic carbocycles. The van der Waals surface area contributed by atoms with Gasteiger partial charge in [0.2, 0.25) is 5.91 Å². The van der Waals surface area contributed by atoms with E-state index in [1.54, 1.807) is 10.6 Å². The molecular weight excluding hydrogens is 168 g/mol. The largest absolute Gasteiger partial charge is 0.369 e. The molecule has 0 fully saturated rings. The summed E-state index contributed by atoms with van der Waals surface area (Å²) >= 11 is 0. The van der Waals surface area contributed by atoms with Crippen molar-refractivity contribution in [3.05, 3.63) is 30.2 Å². The molecule has 0 aliphatic heterocycles. The summed E-state index contributed by atoms with van der Waals surface area (Å²) < 4.78 is 1.74. The van der Waals surface area contributed by atoms with Crippen LogP contribution in [-0.2, 0) is 11.2 Å². The smallest absolute Gasteiger partial charge is 0.225 e. The third kappa shape index (κ3) is 1.35. The Kier molecular flexibility index (Phi) is 1.70. The van der Waals surface area contributed by atoms with E-state index < -0.39 is 5.91 Å². The van der Waals surface area contributed by atoms with E-state index >= 15 is 0 Å². The van der Waals surface area contributed by atoms with Crippen LogP contribution in [0.2, 0.25) is 0 Å². The summed E-state index contributed by atoms with van der Waals surface area (Å²) in [5, 5.41) is 7.72. The lowest BCUT2D eigenvalue weighted by Crippen LogP contribution is -2.15. The van der Waals surface area contributed by atoms with Crippen molar-refractivity contribution in [3.63, 3.8) is 0 Å². The van der Waals surface area contributed by atoms with Gasteiger partial charge in [-0.3, -0.25) is 9.20 Å². The molecule has 2 rings (SSSR count). The van der Waals surface area contributed by atoms with Crippen molar-refractivity contribution in [2.75, 3.05) is 0 Å². The van der Waals surface area contributed by atoms with Crippen molar-refractivity contribution in [2.45, 2.75) is 6.42 Å². The Morgan fingerprint density at radius 2 is 2.31 bits per heavy atom. The average Bonchev–Trinajstić information content (AvgIpc) is 2.48. The molecule has 0 bridgehead atoms. The number of nitrogens with two attached hydrogens (primary N) is 1. The maximum atomic E-state index is 10.7. The zero-order valence-corrected chi connectivity index (χ0v) is 6.84. The summed E-state index contributed by atoms with van der Waals surface area (Å²) in [5.74, 6) is 0.168.